The maximum Gasteiger partial charge on any atom is 0.0637 e. The van der Waals surface area contributed by atoms with Crippen LogP contribution in [0.25, 0.3) is 0 Å². The van der Waals surface area contributed by atoms with Gasteiger partial charge in [-0.3, -0.25) is 0 Å². The van der Waals surface area contributed by atoms with Crippen LogP contribution >= 0.6 is 0 Å². The molecule has 0 aliphatic carbocycles. The molecule has 0 aromatic heterocycles. The van der Waals surface area contributed by atoms with Crippen LogP contribution in [0.3, 0.4) is 0 Å². The normalized spacial score (nSPS) is 12.4. The lowest BCUT2D eigenvalue weighted by Crippen LogP contribution is -2.43. The smallest absolute Gasteiger partial charge is 0.0637 e. The summed E-state index contributed by atoms with van der Waals surface area (Å²) in [5.41, 5.74) is -0.715. The van der Waals surface area contributed by atoms with E-state index in [2.05, 4.69) is 0 Å². The van der Waals surface area contributed by atoms with Gasteiger partial charge in [-0.1, -0.05) is 0 Å². The van der Waals surface area contributed by atoms with Gasteiger partial charge in [-0.2, -0.15) is 0 Å². The molecule has 0 saturated heterocycles. The highest BCUT2D eigenvalue weighted by atomic mass is 16.5. The third-order valence-corrected chi connectivity index (χ3v) is 7.31. The molecule has 286 valence electrons. The highest BCUT2D eigenvalue weighted by Gasteiger charge is 2.35. The summed E-state index contributed by atoms with van der Waals surface area (Å²) in [5, 5.41) is 0. The van der Waals surface area contributed by atoms with E-state index in [1.165, 1.54) is 0 Å². The first-order valence-electron chi connectivity index (χ1n) is 18.2. The van der Waals surface area contributed by atoms with E-state index < -0.39 is 0 Å². The van der Waals surface area contributed by atoms with Crippen molar-refractivity contribution < 1.29 is 52.1 Å². The van der Waals surface area contributed by atoms with Gasteiger partial charge in [0, 0.05) is 78.1 Å². The minimum atomic E-state index is -0.315. The van der Waals surface area contributed by atoms with Gasteiger partial charge in [-0.25, -0.2) is 0 Å². The fraction of sp³-hybridized carbons (Fsp3) is 1.00. The Kier molecular flexibility index (Phi) is 35.2. The Morgan fingerprint density at radius 2 is 0.404 bits per heavy atom. The van der Waals surface area contributed by atoms with Crippen molar-refractivity contribution in [2.75, 3.05) is 145 Å². The van der Waals surface area contributed by atoms with Gasteiger partial charge in [0.15, 0.2) is 0 Å². The maximum absolute atomic E-state index is 6.18. The molecule has 0 aromatic carbocycles. The molecule has 0 saturated carbocycles. The number of hydrogen-bond acceptors (Lipinski definition) is 11. The van der Waals surface area contributed by atoms with E-state index >= 15 is 0 Å². The SMILES string of the molecule is CCOCC(CCOCC(COCC)(COCC)COCC)(COCC)COCC.CCOCC(COCC)(COCC)COCC. The Morgan fingerprint density at radius 1 is 0.234 bits per heavy atom. The third kappa shape index (κ3) is 25.2. The number of ether oxygens (including phenoxy) is 11. The van der Waals surface area contributed by atoms with E-state index in [1.54, 1.807) is 0 Å². The summed E-state index contributed by atoms with van der Waals surface area (Å²) in [6, 6.07) is 0. The summed E-state index contributed by atoms with van der Waals surface area (Å²) >= 11 is 0. The lowest BCUT2D eigenvalue weighted by Gasteiger charge is -2.35. The van der Waals surface area contributed by atoms with Crippen molar-refractivity contribution in [3.8, 4) is 0 Å². The zero-order valence-electron chi connectivity index (χ0n) is 32.3. The van der Waals surface area contributed by atoms with Gasteiger partial charge in [0.25, 0.3) is 0 Å². The standard InChI is InChI=1S/C23H48O7.C13H28O4/c1-7-24-15-22(16-25-8-2,17-26-9-3)13-14-30-21-23(18-27-10-4,19-28-11-5)20-29-12-6;1-5-14-9-13(10-15-6-2,11-16-7-3)12-17-8-4/h7-21H2,1-6H3;5-12H2,1-4H3. The predicted molar refractivity (Wildman–Crippen MR) is 188 cm³/mol. The van der Waals surface area contributed by atoms with Crippen molar-refractivity contribution in [1.82, 2.24) is 0 Å². The van der Waals surface area contributed by atoms with Gasteiger partial charge in [0.2, 0.25) is 0 Å². The van der Waals surface area contributed by atoms with Crippen molar-refractivity contribution in [3.05, 3.63) is 0 Å². The second kappa shape index (κ2) is 34.0. The van der Waals surface area contributed by atoms with Gasteiger partial charge < -0.3 is 52.1 Å². The van der Waals surface area contributed by atoms with Gasteiger partial charge >= 0.3 is 0 Å². The zero-order valence-corrected chi connectivity index (χ0v) is 32.3. The van der Waals surface area contributed by atoms with E-state index in [9.17, 15) is 0 Å². The second-order valence-corrected chi connectivity index (χ2v) is 11.7. The largest absolute Gasteiger partial charge is 0.381 e. The minimum absolute atomic E-state index is 0.183. The molecule has 0 unspecified atom stereocenters. The van der Waals surface area contributed by atoms with E-state index in [0.29, 0.717) is 145 Å². The molecule has 0 N–H and O–H groups in total. The molecule has 0 fully saturated rings. The van der Waals surface area contributed by atoms with Crippen LogP contribution in [0.4, 0.5) is 0 Å². The van der Waals surface area contributed by atoms with E-state index in [1.807, 2.05) is 69.2 Å². The lowest BCUT2D eigenvalue weighted by molar-refractivity contribution is -0.114. The minimum Gasteiger partial charge on any atom is -0.381 e. The Bertz CT molecular complexity index is 509. The van der Waals surface area contributed by atoms with Gasteiger partial charge in [0.1, 0.15) is 0 Å². The third-order valence-electron chi connectivity index (χ3n) is 7.31. The van der Waals surface area contributed by atoms with Crippen molar-refractivity contribution in [2.24, 2.45) is 16.2 Å². The van der Waals surface area contributed by atoms with Gasteiger partial charge in [-0.15, -0.1) is 0 Å². The van der Waals surface area contributed by atoms with Crippen LogP contribution in [0.1, 0.15) is 75.7 Å². The summed E-state index contributed by atoms with van der Waals surface area (Å²) in [4.78, 5) is 0. The highest BCUT2D eigenvalue weighted by Crippen LogP contribution is 2.27. The van der Waals surface area contributed by atoms with Crippen LogP contribution in [0.15, 0.2) is 0 Å². The van der Waals surface area contributed by atoms with Crippen molar-refractivity contribution in [1.29, 1.82) is 0 Å². The number of rotatable bonds is 35. The molecule has 11 heteroatoms. The van der Waals surface area contributed by atoms with E-state index in [4.69, 9.17) is 52.1 Å². The average Bonchev–Trinajstić information content (AvgIpc) is 3.10. The van der Waals surface area contributed by atoms with Crippen LogP contribution in [0.2, 0.25) is 0 Å². The van der Waals surface area contributed by atoms with Crippen LogP contribution < -0.4 is 0 Å². The second-order valence-electron chi connectivity index (χ2n) is 11.7. The molecular weight excluding hydrogens is 608 g/mol. The number of hydrogen-bond donors (Lipinski definition) is 0. The summed E-state index contributed by atoms with van der Waals surface area (Å²) in [5.74, 6) is 0. The first-order chi connectivity index (χ1) is 22.8. The Morgan fingerprint density at radius 3 is 0.596 bits per heavy atom. The molecule has 0 rings (SSSR count). The monoisotopic (exact) mass is 685 g/mol. The Hall–Kier alpha value is -0.440. The highest BCUT2D eigenvalue weighted by molar-refractivity contribution is 4.82. The quantitative estimate of drug-likeness (QED) is 0.0769. The van der Waals surface area contributed by atoms with E-state index in [-0.39, 0.29) is 16.2 Å². The van der Waals surface area contributed by atoms with Crippen LogP contribution in [0, 0.1) is 16.2 Å². The molecule has 0 atom stereocenters. The topological polar surface area (TPSA) is 102 Å². The first kappa shape index (κ1) is 48.7. The lowest BCUT2D eigenvalue weighted by atomic mass is 9.87. The molecule has 0 heterocycles. The molecule has 0 amide bonds. The van der Waals surface area contributed by atoms with Crippen LogP contribution in [0.5, 0.6) is 0 Å². The molecule has 0 bridgehead atoms. The fourth-order valence-electron chi connectivity index (χ4n) is 4.60. The van der Waals surface area contributed by atoms with Crippen LogP contribution in [-0.4, -0.2) is 145 Å². The van der Waals surface area contributed by atoms with Crippen molar-refractivity contribution in [2.45, 2.75) is 75.7 Å². The van der Waals surface area contributed by atoms with Gasteiger partial charge in [-0.05, 0) is 75.7 Å². The predicted octanol–water partition coefficient (Wildman–Crippen LogP) is 5.70. The van der Waals surface area contributed by atoms with Gasteiger partial charge in [0.05, 0.1) is 83.5 Å². The maximum atomic E-state index is 6.18. The molecule has 0 aliphatic rings. The molecule has 11 nitrogen and oxygen atoms in total. The molecule has 0 aromatic rings. The average molecular weight is 685 g/mol. The fourth-order valence-corrected chi connectivity index (χ4v) is 4.60. The van der Waals surface area contributed by atoms with Crippen molar-refractivity contribution >= 4 is 0 Å². The Labute approximate surface area is 289 Å². The summed E-state index contributed by atoms with van der Waals surface area (Å²) in [7, 11) is 0. The summed E-state index contributed by atoms with van der Waals surface area (Å²) in [6.07, 6.45) is 0.793. The molecule has 0 aliphatic heterocycles. The summed E-state index contributed by atoms with van der Waals surface area (Å²) in [6.45, 7) is 33.7. The molecule has 0 radical (unpaired) electrons. The zero-order chi connectivity index (χ0) is 35.5. The molecular formula is C36H76O11. The summed E-state index contributed by atoms with van der Waals surface area (Å²) < 4.78 is 63.0. The Balaban J connectivity index is 0. The molecule has 47 heavy (non-hydrogen) atoms. The van der Waals surface area contributed by atoms with E-state index in [0.717, 1.165) is 6.42 Å². The molecule has 0 spiro atoms. The van der Waals surface area contributed by atoms with Crippen LogP contribution in [-0.2, 0) is 52.1 Å². The van der Waals surface area contributed by atoms with Crippen molar-refractivity contribution in [3.63, 3.8) is 0 Å². The first-order valence-corrected chi connectivity index (χ1v) is 18.2.